The van der Waals surface area contributed by atoms with Crippen LogP contribution in [-0.4, -0.2) is 17.8 Å². The van der Waals surface area contributed by atoms with Gasteiger partial charge in [0.05, 0.1) is 19.3 Å². The molecule has 0 spiro atoms. The van der Waals surface area contributed by atoms with E-state index in [-0.39, 0.29) is 12.7 Å². The Morgan fingerprint density at radius 3 is 2.50 bits per heavy atom. The van der Waals surface area contributed by atoms with Crippen molar-refractivity contribution in [1.29, 1.82) is 0 Å². The first-order chi connectivity index (χ1) is 9.78. The van der Waals surface area contributed by atoms with E-state index in [1.54, 1.807) is 0 Å². The van der Waals surface area contributed by atoms with Gasteiger partial charge in [-0.05, 0) is 44.6 Å². The second-order valence-corrected chi connectivity index (χ2v) is 5.50. The molecule has 1 saturated carbocycles. The summed E-state index contributed by atoms with van der Waals surface area (Å²) in [7, 11) is 0. The fourth-order valence-electron chi connectivity index (χ4n) is 2.91. The van der Waals surface area contributed by atoms with E-state index in [1.807, 2.05) is 25.1 Å². The van der Waals surface area contributed by atoms with Gasteiger partial charge in [0.25, 0.3) is 0 Å². The zero-order valence-corrected chi connectivity index (χ0v) is 12.6. The van der Waals surface area contributed by atoms with E-state index in [2.05, 4.69) is 6.92 Å². The first kappa shape index (κ1) is 15.2. The summed E-state index contributed by atoms with van der Waals surface area (Å²) < 4.78 is 11.8. The van der Waals surface area contributed by atoms with E-state index in [9.17, 15) is 5.11 Å². The van der Waals surface area contributed by atoms with Crippen LogP contribution in [0.3, 0.4) is 0 Å². The molecule has 0 heterocycles. The Kier molecular flexibility index (Phi) is 5.72. The molecule has 0 amide bonds. The van der Waals surface area contributed by atoms with Crippen LogP contribution in [0.1, 0.15) is 51.5 Å². The summed E-state index contributed by atoms with van der Waals surface area (Å²) in [5.41, 5.74) is 0.813. The van der Waals surface area contributed by atoms with Crippen LogP contribution in [0.5, 0.6) is 11.5 Å². The van der Waals surface area contributed by atoms with Crippen LogP contribution in [0, 0.1) is 5.92 Å². The molecular formula is C17H26O3. The van der Waals surface area contributed by atoms with E-state index in [1.165, 1.54) is 19.3 Å². The van der Waals surface area contributed by atoms with Gasteiger partial charge in [0, 0.05) is 5.56 Å². The minimum Gasteiger partial charge on any atom is -0.490 e. The molecular weight excluding hydrogens is 252 g/mol. The number of hydrogen-bond acceptors (Lipinski definition) is 3. The smallest absolute Gasteiger partial charge is 0.167 e. The van der Waals surface area contributed by atoms with Crippen LogP contribution in [0.25, 0.3) is 0 Å². The molecule has 1 N–H and O–H groups in total. The van der Waals surface area contributed by atoms with Gasteiger partial charge in [-0.3, -0.25) is 0 Å². The van der Waals surface area contributed by atoms with Gasteiger partial charge in [-0.1, -0.05) is 25.5 Å². The Bertz CT molecular complexity index is 409. The Labute approximate surface area is 121 Å². The van der Waals surface area contributed by atoms with Crippen LogP contribution in [0.4, 0.5) is 0 Å². The van der Waals surface area contributed by atoms with Gasteiger partial charge in [-0.2, -0.15) is 0 Å². The first-order valence-electron chi connectivity index (χ1n) is 7.80. The topological polar surface area (TPSA) is 38.7 Å². The molecule has 20 heavy (non-hydrogen) atoms. The number of aliphatic hydroxyl groups excluding tert-OH is 1. The molecule has 0 bridgehead atoms. The molecule has 1 fully saturated rings. The van der Waals surface area contributed by atoms with Gasteiger partial charge in [0.1, 0.15) is 0 Å². The third-order valence-electron chi connectivity index (χ3n) is 4.19. The summed E-state index contributed by atoms with van der Waals surface area (Å²) in [6.45, 7) is 4.82. The third-order valence-corrected chi connectivity index (χ3v) is 4.19. The van der Waals surface area contributed by atoms with Crippen LogP contribution >= 0.6 is 0 Å². The van der Waals surface area contributed by atoms with E-state index in [4.69, 9.17) is 9.47 Å². The monoisotopic (exact) mass is 278 g/mol. The van der Waals surface area contributed by atoms with Gasteiger partial charge in [0.2, 0.25) is 0 Å². The summed E-state index contributed by atoms with van der Waals surface area (Å²) in [5, 5.41) is 9.49. The van der Waals surface area contributed by atoms with Gasteiger partial charge < -0.3 is 14.6 Å². The lowest BCUT2D eigenvalue weighted by atomic mass is 9.86. The largest absolute Gasteiger partial charge is 0.490 e. The van der Waals surface area contributed by atoms with Crippen LogP contribution < -0.4 is 9.47 Å². The maximum atomic E-state index is 9.49. The van der Waals surface area contributed by atoms with Gasteiger partial charge >= 0.3 is 0 Å². The number of benzene rings is 1. The number of para-hydroxylation sites is 1. The highest BCUT2D eigenvalue weighted by Crippen LogP contribution is 2.36. The zero-order valence-electron chi connectivity index (χ0n) is 12.6. The summed E-state index contributed by atoms with van der Waals surface area (Å²) in [5.74, 6) is 2.34. The fraction of sp³-hybridized carbons (Fsp3) is 0.647. The number of hydrogen-bond donors (Lipinski definition) is 1. The Balaban J connectivity index is 2.07. The number of rotatable bonds is 6. The summed E-state index contributed by atoms with van der Waals surface area (Å²) >= 11 is 0. The Hall–Kier alpha value is -1.22. The lowest BCUT2D eigenvalue weighted by molar-refractivity contribution is 0.121. The van der Waals surface area contributed by atoms with Crippen molar-refractivity contribution in [2.75, 3.05) is 6.61 Å². The Morgan fingerprint density at radius 2 is 1.90 bits per heavy atom. The maximum Gasteiger partial charge on any atom is 0.167 e. The average molecular weight is 278 g/mol. The summed E-state index contributed by atoms with van der Waals surface area (Å²) in [6, 6.07) is 5.71. The molecule has 1 aromatic carbocycles. The van der Waals surface area contributed by atoms with Crippen molar-refractivity contribution in [3.05, 3.63) is 23.8 Å². The standard InChI is InChI=1S/C17H26O3/c1-3-13-8-10-15(11-9-13)20-17-14(12-18)6-5-7-16(17)19-4-2/h5-7,13,15,18H,3-4,8-12H2,1-2H3. The molecule has 3 heteroatoms. The van der Waals surface area contributed by atoms with Crippen LogP contribution in [0.15, 0.2) is 18.2 Å². The highest BCUT2D eigenvalue weighted by Gasteiger charge is 2.23. The van der Waals surface area contributed by atoms with Gasteiger partial charge in [0.15, 0.2) is 11.5 Å². The van der Waals surface area contributed by atoms with Crippen molar-refractivity contribution in [2.24, 2.45) is 5.92 Å². The fourth-order valence-corrected chi connectivity index (χ4v) is 2.91. The molecule has 0 unspecified atom stereocenters. The van der Waals surface area contributed by atoms with Gasteiger partial charge in [-0.25, -0.2) is 0 Å². The van der Waals surface area contributed by atoms with E-state index in [0.29, 0.717) is 6.61 Å². The number of ether oxygens (including phenoxy) is 2. The van der Waals surface area contributed by atoms with Crippen molar-refractivity contribution in [1.82, 2.24) is 0 Å². The summed E-state index contributed by atoms with van der Waals surface area (Å²) in [4.78, 5) is 0. The van der Waals surface area contributed by atoms with E-state index < -0.39 is 0 Å². The normalized spacial score (nSPS) is 22.6. The molecule has 112 valence electrons. The molecule has 1 aliphatic rings. The highest BCUT2D eigenvalue weighted by molar-refractivity contribution is 5.46. The predicted octanol–water partition coefficient (Wildman–Crippen LogP) is 3.93. The van der Waals surface area contributed by atoms with Crippen molar-refractivity contribution < 1.29 is 14.6 Å². The second kappa shape index (κ2) is 7.53. The minimum absolute atomic E-state index is 0.0133. The molecule has 0 aliphatic heterocycles. The van der Waals surface area contributed by atoms with Crippen LogP contribution in [-0.2, 0) is 6.61 Å². The first-order valence-corrected chi connectivity index (χ1v) is 7.80. The van der Waals surface area contributed by atoms with Crippen molar-refractivity contribution in [3.8, 4) is 11.5 Å². The van der Waals surface area contributed by atoms with Gasteiger partial charge in [-0.15, -0.1) is 0 Å². The van der Waals surface area contributed by atoms with E-state index in [0.717, 1.165) is 35.8 Å². The third kappa shape index (κ3) is 3.66. The lowest BCUT2D eigenvalue weighted by Gasteiger charge is -2.29. The lowest BCUT2D eigenvalue weighted by Crippen LogP contribution is -2.24. The average Bonchev–Trinajstić information content (AvgIpc) is 2.50. The molecule has 0 saturated heterocycles. The minimum atomic E-state index is -0.0133. The molecule has 1 aliphatic carbocycles. The predicted molar refractivity (Wildman–Crippen MR) is 80.2 cm³/mol. The molecule has 0 radical (unpaired) electrons. The van der Waals surface area contributed by atoms with Crippen molar-refractivity contribution in [2.45, 2.75) is 58.7 Å². The highest BCUT2D eigenvalue weighted by atomic mass is 16.5. The second-order valence-electron chi connectivity index (χ2n) is 5.50. The maximum absolute atomic E-state index is 9.49. The Morgan fingerprint density at radius 1 is 1.15 bits per heavy atom. The van der Waals surface area contributed by atoms with E-state index >= 15 is 0 Å². The molecule has 3 nitrogen and oxygen atoms in total. The summed E-state index contributed by atoms with van der Waals surface area (Å²) in [6.07, 6.45) is 6.21. The molecule has 2 rings (SSSR count). The molecule has 0 aromatic heterocycles. The number of aliphatic hydroxyl groups is 1. The quantitative estimate of drug-likeness (QED) is 0.857. The van der Waals surface area contributed by atoms with Crippen molar-refractivity contribution >= 4 is 0 Å². The molecule has 0 atom stereocenters. The zero-order chi connectivity index (χ0) is 14.4. The van der Waals surface area contributed by atoms with Crippen molar-refractivity contribution in [3.63, 3.8) is 0 Å². The van der Waals surface area contributed by atoms with Crippen LogP contribution in [0.2, 0.25) is 0 Å². The SMILES string of the molecule is CCOc1cccc(CO)c1OC1CCC(CC)CC1. The molecule has 1 aromatic rings.